The van der Waals surface area contributed by atoms with Gasteiger partial charge in [-0.15, -0.1) is 0 Å². The largest absolute Gasteiger partial charge is 0.497 e. The number of carbonyl (C=O) groups is 1. The Bertz CT molecular complexity index is 902. The average molecular weight is 403 g/mol. The molecule has 2 N–H and O–H groups in total. The van der Waals surface area contributed by atoms with Crippen molar-refractivity contribution in [3.63, 3.8) is 0 Å². The van der Waals surface area contributed by atoms with Gasteiger partial charge < -0.3 is 10.1 Å². The van der Waals surface area contributed by atoms with Crippen molar-refractivity contribution in [2.45, 2.75) is 49.5 Å². The molecule has 6 nitrogen and oxygen atoms in total. The summed E-state index contributed by atoms with van der Waals surface area (Å²) in [6.07, 6.45) is 6.59. The molecule has 0 unspecified atom stereocenters. The Balaban J connectivity index is 1.72. The Morgan fingerprint density at radius 1 is 1.00 bits per heavy atom. The van der Waals surface area contributed by atoms with E-state index in [0.717, 1.165) is 25.7 Å². The standard InChI is InChI=1S/C21H26N2O4S/c1-27-19-13-11-18(12-14-19)23-28(25,26)20-10-6-7-16(15-20)21(24)22-17-8-4-2-3-5-9-17/h6-7,10-15,17,23H,2-5,8-9H2,1H3,(H,22,24). The van der Waals surface area contributed by atoms with Crippen LogP contribution in [0.3, 0.4) is 0 Å². The molecule has 1 fully saturated rings. The highest BCUT2D eigenvalue weighted by Gasteiger charge is 2.19. The SMILES string of the molecule is COc1ccc(NS(=O)(=O)c2cccc(C(=O)NC3CCCCCC3)c2)cc1. The molecule has 0 bridgehead atoms. The summed E-state index contributed by atoms with van der Waals surface area (Å²) in [6.45, 7) is 0. The molecule has 2 aromatic rings. The maximum Gasteiger partial charge on any atom is 0.261 e. The number of ether oxygens (including phenoxy) is 1. The Morgan fingerprint density at radius 2 is 1.68 bits per heavy atom. The first-order valence-electron chi connectivity index (χ1n) is 9.56. The van der Waals surface area contributed by atoms with Crippen LogP contribution in [0.15, 0.2) is 53.4 Å². The van der Waals surface area contributed by atoms with E-state index in [1.54, 1.807) is 43.5 Å². The molecule has 1 amide bonds. The van der Waals surface area contributed by atoms with Crippen LogP contribution < -0.4 is 14.8 Å². The Morgan fingerprint density at radius 3 is 2.32 bits per heavy atom. The van der Waals surface area contributed by atoms with E-state index in [-0.39, 0.29) is 16.8 Å². The van der Waals surface area contributed by atoms with Crippen molar-refractivity contribution in [1.82, 2.24) is 5.32 Å². The minimum absolute atomic E-state index is 0.0526. The molecule has 0 saturated heterocycles. The summed E-state index contributed by atoms with van der Waals surface area (Å²) in [7, 11) is -2.25. The minimum Gasteiger partial charge on any atom is -0.497 e. The van der Waals surface area contributed by atoms with Gasteiger partial charge in [0.25, 0.3) is 15.9 Å². The van der Waals surface area contributed by atoms with Gasteiger partial charge in [0.15, 0.2) is 0 Å². The monoisotopic (exact) mass is 402 g/mol. The van der Waals surface area contributed by atoms with Gasteiger partial charge in [0.1, 0.15) is 5.75 Å². The third kappa shape index (κ3) is 5.25. The molecule has 150 valence electrons. The topological polar surface area (TPSA) is 84.5 Å². The van der Waals surface area contributed by atoms with Gasteiger partial charge in [-0.05, 0) is 55.3 Å². The van der Waals surface area contributed by atoms with E-state index in [0.29, 0.717) is 17.0 Å². The van der Waals surface area contributed by atoms with Crippen molar-refractivity contribution in [2.24, 2.45) is 0 Å². The van der Waals surface area contributed by atoms with Crippen molar-refractivity contribution in [2.75, 3.05) is 11.8 Å². The van der Waals surface area contributed by atoms with Crippen LogP contribution in [0, 0.1) is 0 Å². The number of hydrogen-bond acceptors (Lipinski definition) is 4. The van der Waals surface area contributed by atoms with E-state index in [4.69, 9.17) is 4.74 Å². The van der Waals surface area contributed by atoms with Crippen molar-refractivity contribution >= 4 is 21.6 Å². The van der Waals surface area contributed by atoms with Crippen molar-refractivity contribution in [3.05, 3.63) is 54.1 Å². The molecule has 3 rings (SSSR count). The molecular formula is C21H26N2O4S. The summed E-state index contributed by atoms with van der Waals surface area (Å²) in [4.78, 5) is 12.6. The number of amides is 1. The highest BCUT2D eigenvalue weighted by molar-refractivity contribution is 7.92. The minimum atomic E-state index is -3.80. The van der Waals surface area contributed by atoms with Gasteiger partial charge in [0.2, 0.25) is 0 Å². The fourth-order valence-corrected chi connectivity index (χ4v) is 4.47. The zero-order valence-corrected chi connectivity index (χ0v) is 16.8. The predicted molar refractivity (Wildman–Crippen MR) is 109 cm³/mol. The maximum atomic E-state index is 12.7. The van der Waals surface area contributed by atoms with Gasteiger partial charge >= 0.3 is 0 Å². The lowest BCUT2D eigenvalue weighted by atomic mass is 10.1. The molecule has 0 radical (unpaired) electrons. The van der Waals surface area contributed by atoms with Gasteiger partial charge in [-0.2, -0.15) is 0 Å². The number of anilines is 1. The first-order valence-corrected chi connectivity index (χ1v) is 11.0. The molecule has 0 atom stereocenters. The summed E-state index contributed by atoms with van der Waals surface area (Å²) < 4.78 is 33.0. The van der Waals surface area contributed by atoms with Crippen LogP contribution in [0.5, 0.6) is 5.75 Å². The molecule has 1 aliphatic rings. The molecule has 0 heterocycles. The highest BCUT2D eigenvalue weighted by Crippen LogP contribution is 2.21. The van der Waals surface area contributed by atoms with E-state index < -0.39 is 10.0 Å². The third-order valence-electron chi connectivity index (χ3n) is 4.94. The zero-order chi connectivity index (χ0) is 20.0. The van der Waals surface area contributed by atoms with Gasteiger partial charge in [-0.1, -0.05) is 31.7 Å². The average Bonchev–Trinajstić information content (AvgIpc) is 2.97. The molecule has 1 saturated carbocycles. The second-order valence-electron chi connectivity index (χ2n) is 7.02. The molecule has 7 heteroatoms. The zero-order valence-electron chi connectivity index (χ0n) is 16.0. The van der Waals surface area contributed by atoms with Crippen LogP contribution in [0.25, 0.3) is 0 Å². The van der Waals surface area contributed by atoms with E-state index in [2.05, 4.69) is 10.0 Å². The number of carbonyl (C=O) groups excluding carboxylic acids is 1. The van der Waals surface area contributed by atoms with Gasteiger partial charge in [0, 0.05) is 17.3 Å². The van der Waals surface area contributed by atoms with Crippen molar-refractivity contribution in [3.8, 4) is 5.75 Å². The second kappa shape index (κ2) is 9.10. The van der Waals surface area contributed by atoms with E-state index in [1.165, 1.54) is 25.0 Å². The fraction of sp³-hybridized carbons (Fsp3) is 0.381. The van der Waals surface area contributed by atoms with Crippen LogP contribution in [-0.2, 0) is 10.0 Å². The van der Waals surface area contributed by atoms with Crippen molar-refractivity contribution < 1.29 is 17.9 Å². The summed E-state index contributed by atoms with van der Waals surface area (Å²) >= 11 is 0. The predicted octanol–water partition coefficient (Wildman–Crippen LogP) is 3.95. The normalized spacial score (nSPS) is 15.5. The molecular weight excluding hydrogens is 376 g/mol. The number of hydrogen-bond donors (Lipinski definition) is 2. The number of rotatable bonds is 6. The first-order chi connectivity index (χ1) is 13.5. The molecule has 0 aromatic heterocycles. The first kappa shape index (κ1) is 20.2. The summed E-state index contributed by atoms with van der Waals surface area (Å²) in [5, 5.41) is 3.05. The van der Waals surface area contributed by atoms with Crippen LogP contribution in [0.2, 0.25) is 0 Å². The number of benzene rings is 2. The van der Waals surface area contributed by atoms with Crippen LogP contribution in [0.1, 0.15) is 48.9 Å². The van der Waals surface area contributed by atoms with Crippen LogP contribution >= 0.6 is 0 Å². The Labute approximate surface area is 166 Å². The second-order valence-corrected chi connectivity index (χ2v) is 8.71. The highest BCUT2D eigenvalue weighted by atomic mass is 32.2. The quantitative estimate of drug-likeness (QED) is 0.717. The lowest BCUT2D eigenvalue weighted by molar-refractivity contribution is 0.0933. The molecule has 1 aliphatic carbocycles. The van der Waals surface area contributed by atoms with E-state index in [1.807, 2.05) is 0 Å². The van der Waals surface area contributed by atoms with Gasteiger partial charge in [-0.3, -0.25) is 9.52 Å². The van der Waals surface area contributed by atoms with Crippen LogP contribution in [0.4, 0.5) is 5.69 Å². The van der Waals surface area contributed by atoms with E-state index in [9.17, 15) is 13.2 Å². The number of sulfonamides is 1. The summed E-state index contributed by atoms with van der Waals surface area (Å²) in [5.41, 5.74) is 0.774. The lowest BCUT2D eigenvalue weighted by Crippen LogP contribution is -2.34. The number of methoxy groups -OCH3 is 1. The lowest BCUT2D eigenvalue weighted by Gasteiger charge is -2.16. The number of nitrogens with one attached hydrogen (secondary N) is 2. The fourth-order valence-electron chi connectivity index (χ4n) is 3.37. The smallest absolute Gasteiger partial charge is 0.261 e. The van der Waals surface area contributed by atoms with Crippen LogP contribution in [-0.4, -0.2) is 27.5 Å². The molecule has 0 spiro atoms. The maximum absolute atomic E-state index is 12.7. The molecule has 0 aliphatic heterocycles. The molecule has 2 aromatic carbocycles. The van der Waals surface area contributed by atoms with E-state index >= 15 is 0 Å². The molecule has 28 heavy (non-hydrogen) atoms. The summed E-state index contributed by atoms with van der Waals surface area (Å²) in [5.74, 6) is 0.411. The van der Waals surface area contributed by atoms with Gasteiger partial charge in [0.05, 0.1) is 12.0 Å². The Hall–Kier alpha value is -2.54. The van der Waals surface area contributed by atoms with Gasteiger partial charge in [-0.25, -0.2) is 8.42 Å². The third-order valence-corrected chi connectivity index (χ3v) is 6.32. The summed E-state index contributed by atoms with van der Waals surface area (Å²) in [6, 6.07) is 12.9. The Kier molecular flexibility index (Phi) is 6.57. The van der Waals surface area contributed by atoms with Crippen molar-refractivity contribution in [1.29, 1.82) is 0 Å².